The Morgan fingerprint density at radius 3 is 2.33 bits per heavy atom. The fourth-order valence-electron chi connectivity index (χ4n) is 3.57. The quantitative estimate of drug-likeness (QED) is 0.549. The normalized spacial score (nSPS) is 14.9. The maximum atomic E-state index is 13.0. The highest BCUT2D eigenvalue weighted by Gasteiger charge is 2.33. The molecular weight excluding hydrogens is 410 g/mol. The molecule has 1 aliphatic rings. The monoisotopic (exact) mass is 433 g/mol. The first-order valence-corrected chi connectivity index (χ1v) is 11.0. The van der Waals surface area contributed by atoms with E-state index >= 15 is 0 Å². The maximum Gasteiger partial charge on any atom is 0.296 e. The number of nitrogens with one attached hydrogen (secondary N) is 1. The van der Waals surface area contributed by atoms with Crippen LogP contribution in [-0.2, 0) is 14.6 Å². The van der Waals surface area contributed by atoms with E-state index in [0.717, 1.165) is 0 Å². The molecule has 1 saturated heterocycles. The number of sulfone groups is 1. The van der Waals surface area contributed by atoms with Crippen LogP contribution >= 0.6 is 0 Å². The third-order valence-electron chi connectivity index (χ3n) is 5.10. The molecule has 1 amide bonds. The zero-order valence-corrected chi connectivity index (χ0v) is 17.5. The number of amides is 1. The molecule has 2 aromatic carbocycles. The highest BCUT2D eigenvalue weighted by molar-refractivity contribution is 7.92. The molecule has 0 aromatic heterocycles. The number of carbonyl (C=O) groups is 1. The topological polar surface area (TPSA) is 119 Å². The second-order valence-electron chi connectivity index (χ2n) is 7.05. The summed E-state index contributed by atoms with van der Waals surface area (Å²) >= 11 is 0. The van der Waals surface area contributed by atoms with Gasteiger partial charge in [0.25, 0.3) is 5.69 Å². The molecule has 1 fully saturated rings. The van der Waals surface area contributed by atoms with E-state index in [9.17, 15) is 23.3 Å². The van der Waals surface area contributed by atoms with Crippen molar-refractivity contribution in [2.45, 2.75) is 29.9 Å². The van der Waals surface area contributed by atoms with Crippen LogP contribution in [0.15, 0.2) is 47.4 Å². The molecule has 0 saturated carbocycles. The minimum absolute atomic E-state index is 0.0655. The minimum Gasteiger partial charge on any atom is -0.496 e. The second-order valence-corrected chi connectivity index (χ2v) is 9.28. The average molecular weight is 433 g/mol. The summed E-state index contributed by atoms with van der Waals surface area (Å²) in [6.07, 6.45) is 0.720. The van der Waals surface area contributed by atoms with Crippen molar-refractivity contribution in [3.8, 4) is 5.75 Å². The number of benzene rings is 2. The van der Waals surface area contributed by atoms with Gasteiger partial charge >= 0.3 is 0 Å². The van der Waals surface area contributed by atoms with Crippen molar-refractivity contribution in [3.63, 3.8) is 0 Å². The third kappa shape index (κ3) is 4.54. The van der Waals surface area contributed by atoms with Crippen molar-refractivity contribution in [1.82, 2.24) is 0 Å². The lowest BCUT2D eigenvalue weighted by Crippen LogP contribution is -2.39. The number of hydrogen-bond donors (Lipinski definition) is 1. The average Bonchev–Trinajstić information content (AvgIpc) is 2.73. The summed E-state index contributed by atoms with van der Waals surface area (Å²) in [4.78, 5) is 24.1. The van der Waals surface area contributed by atoms with Crippen LogP contribution in [0.2, 0.25) is 0 Å². The van der Waals surface area contributed by atoms with Crippen LogP contribution in [0.3, 0.4) is 0 Å². The van der Waals surface area contributed by atoms with Gasteiger partial charge in [-0.3, -0.25) is 14.9 Å². The number of rotatable bonds is 6. The van der Waals surface area contributed by atoms with Gasteiger partial charge in [0.15, 0.2) is 9.84 Å². The van der Waals surface area contributed by atoms with E-state index < -0.39 is 20.0 Å². The SMILES string of the molecule is COc1ccc(N2CCC(S(=O)(=O)c3ccc(NC(C)=O)cc3)CC2)c([N+](=O)[O-])c1. The molecule has 0 bridgehead atoms. The van der Waals surface area contributed by atoms with Crippen LogP contribution in [0, 0.1) is 10.1 Å². The molecule has 10 heteroatoms. The number of anilines is 2. The van der Waals surface area contributed by atoms with Crippen LogP contribution in [0.1, 0.15) is 19.8 Å². The van der Waals surface area contributed by atoms with Gasteiger partial charge in [0.05, 0.1) is 28.2 Å². The molecule has 1 N–H and O–H groups in total. The van der Waals surface area contributed by atoms with Gasteiger partial charge in [-0.2, -0.15) is 0 Å². The first-order chi connectivity index (χ1) is 14.2. The Bertz CT molecular complexity index is 1040. The predicted octanol–water partition coefficient (Wildman–Crippen LogP) is 3.00. The van der Waals surface area contributed by atoms with Gasteiger partial charge in [0.1, 0.15) is 11.4 Å². The van der Waals surface area contributed by atoms with Gasteiger partial charge in [-0.25, -0.2) is 8.42 Å². The first kappa shape index (κ1) is 21.6. The highest BCUT2D eigenvalue weighted by Crippen LogP contribution is 2.35. The summed E-state index contributed by atoms with van der Waals surface area (Å²) in [6.45, 7) is 2.16. The number of nitro benzene ring substituents is 1. The van der Waals surface area contributed by atoms with Gasteiger partial charge in [-0.15, -0.1) is 0 Å². The van der Waals surface area contributed by atoms with Crippen LogP contribution in [0.5, 0.6) is 5.75 Å². The van der Waals surface area contributed by atoms with E-state index in [2.05, 4.69) is 5.32 Å². The largest absolute Gasteiger partial charge is 0.496 e. The van der Waals surface area contributed by atoms with Crippen molar-refractivity contribution >= 4 is 32.8 Å². The molecule has 160 valence electrons. The number of methoxy groups -OCH3 is 1. The molecule has 0 atom stereocenters. The van der Waals surface area contributed by atoms with E-state index in [4.69, 9.17) is 4.74 Å². The van der Waals surface area contributed by atoms with Crippen LogP contribution in [0.4, 0.5) is 17.1 Å². The number of hydrogen-bond acceptors (Lipinski definition) is 7. The van der Waals surface area contributed by atoms with Crippen LogP contribution in [-0.4, -0.2) is 44.7 Å². The van der Waals surface area contributed by atoms with E-state index in [1.807, 2.05) is 4.90 Å². The fraction of sp³-hybridized carbons (Fsp3) is 0.350. The van der Waals surface area contributed by atoms with E-state index in [-0.39, 0.29) is 16.5 Å². The standard InChI is InChI=1S/C20H23N3O6S/c1-14(24)21-15-3-6-17(7-4-15)30(27,28)18-9-11-22(12-10-18)19-8-5-16(29-2)13-20(19)23(25)26/h3-8,13,18H,9-12H2,1-2H3,(H,21,24). The number of nitrogens with zero attached hydrogens (tertiary/aromatic N) is 2. The molecule has 1 aliphatic heterocycles. The minimum atomic E-state index is -3.54. The molecule has 3 rings (SSSR count). The zero-order valence-electron chi connectivity index (χ0n) is 16.7. The number of carbonyl (C=O) groups excluding carboxylic acids is 1. The fourth-order valence-corrected chi connectivity index (χ4v) is 5.31. The summed E-state index contributed by atoms with van der Waals surface area (Å²) in [5, 5.41) is 13.5. The number of piperidine rings is 1. The van der Waals surface area contributed by atoms with Crippen LogP contribution < -0.4 is 15.0 Å². The van der Waals surface area contributed by atoms with Crippen molar-refractivity contribution in [3.05, 3.63) is 52.6 Å². The zero-order chi connectivity index (χ0) is 21.9. The Labute approximate surface area is 174 Å². The number of ether oxygens (including phenoxy) is 1. The lowest BCUT2D eigenvalue weighted by atomic mass is 10.1. The molecule has 0 spiro atoms. The molecule has 0 radical (unpaired) electrons. The van der Waals surface area contributed by atoms with Gasteiger partial charge in [-0.05, 0) is 49.2 Å². The lowest BCUT2D eigenvalue weighted by Gasteiger charge is -2.33. The Morgan fingerprint density at radius 2 is 1.80 bits per heavy atom. The molecule has 1 heterocycles. The molecule has 30 heavy (non-hydrogen) atoms. The predicted molar refractivity (Wildman–Crippen MR) is 113 cm³/mol. The Morgan fingerprint density at radius 1 is 1.17 bits per heavy atom. The van der Waals surface area contributed by atoms with Gasteiger partial charge in [-0.1, -0.05) is 0 Å². The maximum absolute atomic E-state index is 13.0. The smallest absolute Gasteiger partial charge is 0.296 e. The van der Waals surface area contributed by atoms with Crippen molar-refractivity contribution in [2.75, 3.05) is 30.4 Å². The van der Waals surface area contributed by atoms with E-state index in [1.54, 1.807) is 24.3 Å². The molecule has 0 aliphatic carbocycles. The Kier molecular flexibility index (Phi) is 6.25. The van der Waals surface area contributed by atoms with Gasteiger partial charge in [0, 0.05) is 25.7 Å². The summed E-state index contributed by atoms with van der Waals surface area (Å²) in [7, 11) is -2.10. The van der Waals surface area contributed by atoms with Crippen molar-refractivity contribution in [1.29, 1.82) is 0 Å². The summed E-state index contributed by atoms with van der Waals surface area (Å²) in [6, 6.07) is 10.7. The van der Waals surface area contributed by atoms with Crippen molar-refractivity contribution in [2.24, 2.45) is 0 Å². The molecule has 2 aromatic rings. The van der Waals surface area contributed by atoms with Crippen molar-refractivity contribution < 1.29 is 22.9 Å². The molecular formula is C20H23N3O6S. The third-order valence-corrected chi connectivity index (χ3v) is 7.38. The molecule has 0 unspecified atom stereocenters. The summed E-state index contributed by atoms with van der Waals surface area (Å²) < 4.78 is 31.0. The van der Waals surface area contributed by atoms with Gasteiger partial charge < -0.3 is 15.0 Å². The van der Waals surface area contributed by atoms with Gasteiger partial charge in [0.2, 0.25) is 5.91 Å². The summed E-state index contributed by atoms with van der Waals surface area (Å²) in [5.41, 5.74) is 0.920. The molecule has 9 nitrogen and oxygen atoms in total. The lowest BCUT2D eigenvalue weighted by molar-refractivity contribution is -0.384. The Hall–Kier alpha value is -3.14. The van der Waals surface area contributed by atoms with E-state index in [1.165, 1.54) is 32.2 Å². The first-order valence-electron chi connectivity index (χ1n) is 9.41. The number of nitro groups is 1. The van der Waals surface area contributed by atoms with Crippen LogP contribution in [0.25, 0.3) is 0 Å². The Balaban J connectivity index is 1.73. The van der Waals surface area contributed by atoms with E-state index in [0.29, 0.717) is 43.1 Å². The summed E-state index contributed by atoms with van der Waals surface area (Å²) in [5.74, 6) is 0.163. The second kappa shape index (κ2) is 8.70. The highest BCUT2D eigenvalue weighted by atomic mass is 32.2.